The summed E-state index contributed by atoms with van der Waals surface area (Å²) in [5.41, 5.74) is 0.991. The number of rotatable bonds is 8. The zero-order valence-corrected chi connectivity index (χ0v) is 13.2. The number of unbranched alkanes of at least 4 members (excludes halogenated alkanes) is 2. The first-order valence-electron chi connectivity index (χ1n) is 7.61. The van der Waals surface area contributed by atoms with Gasteiger partial charge in [0.05, 0.1) is 0 Å². The van der Waals surface area contributed by atoms with E-state index >= 15 is 0 Å². The van der Waals surface area contributed by atoms with Gasteiger partial charge in [-0.25, -0.2) is 0 Å². The van der Waals surface area contributed by atoms with Gasteiger partial charge in [0.2, 0.25) is 0 Å². The van der Waals surface area contributed by atoms with Crippen molar-refractivity contribution in [2.45, 2.75) is 59.4 Å². The average Bonchev–Trinajstić information content (AvgIpc) is 2.39. The average molecular weight is 279 g/mol. The Balaban J connectivity index is 2.53. The third kappa shape index (κ3) is 5.41. The van der Waals surface area contributed by atoms with E-state index in [1.165, 1.54) is 37.8 Å². The molecule has 0 saturated heterocycles. The van der Waals surface area contributed by atoms with E-state index in [0.29, 0.717) is 0 Å². The van der Waals surface area contributed by atoms with E-state index in [2.05, 4.69) is 26.1 Å². The maximum absolute atomic E-state index is 9.86. The molecule has 3 N–H and O–H groups in total. The van der Waals surface area contributed by atoms with Gasteiger partial charge in [-0.15, -0.1) is 0 Å². The molecule has 3 heteroatoms. The van der Waals surface area contributed by atoms with E-state index in [1.54, 1.807) is 6.07 Å². The summed E-state index contributed by atoms with van der Waals surface area (Å²) < 4.78 is 0. The zero-order valence-electron chi connectivity index (χ0n) is 13.2. The molecular formula is C17H29NO2. The number of phenolic OH excluding ortho intramolecular Hbond substituents is 2. The van der Waals surface area contributed by atoms with E-state index in [4.69, 9.17) is 0 Å². The van der Waals surface area contributed by atoms with Gasteiger partial charge in [-0.1, -0.05) is 40.0 Å². The van der Waals surface area contributed by atoms with Crippen LogP contribution in [0.25, 0.3) is 0 Å². The van der Waals surface area contributed by atoms with Gasteiger partial charge in [-0.2, -0.15) is 0 Å². The van der Waals surface area contributed by atoms with Crippen LogP contribution in [-0.2, 0) is 0 Å². The molecule has 0 aliphatic carbocycles. The minimum absolute atomic E-state index is 0.0209. The molecule has 0 radical (unpaired) electrons. The Morgan fingerprint density at radius 1 is 1.20 bits per heavy atom. The summed E-state index contributed by atoms with van der Waals surface area (Å²) >= 11 is 0. The largest absolute Gasteiger partial charge is 0.508 e. The van der Waals surface area contributed by atoms with Crippen molar-refractivity contribution in [2.75, 3.05) is 6.54 Å². The van der Waals surface area contributed by atoms with Crippen molar-refractivity contribution in [2.24, 2.45) is 5.41 Å². The van der Waals surface area contributed by atoms with Crippen LogP contribution >= 0.6 is 0 Å². The second-order valence-electron chi connectivity index (χ2n) is 6.47. The van der Waals surface area contributed by atoms with Crippen molar-refractivity contribution in [3.05, 3.63) is 23.8 Å². The van der Waals surface area contributed by atoms with Crippen molar-refractivity contribution < 1.29 is 10.2 Å². The maximum Gasteiger partial charge on any atom is 0.120 e. The second kappa shape index (κ2) is 7.53. The van der Waals surface area contributed by atoms with Crippen molar-refractivity contribution in [1.82, 2.24) is 5.32 Å². The quantitative estimate of drug-likeness (QED) is 0.489. The third-order valence-corrected chi connectivity index (χ3v) is 3.82. The van der Waals surface area contributed by atoms with Gasteiger partial charge in [0, 0.05) is 18.2 Å². The summed E-state index contributed by atoms with van der Waals surface area (Å²) in [6.45, 7) is 9.66. The molecule has 0 saturated carbocycles. The highest BCUT2D eigenvalue weighted by Crippen LogP contribution is 2.29. The van der Waals surface area contributed by atoms with Crippen LogP contribution < -0.4 is 5.32 Å². The lowest BCUT2D eigenvalue weighted by Gasteiger charge is -2.27. The summed E-state index contributed by atoms with van der Waals surface area (Å²) in [7, 11) is 0. The molecule has 1 aromatic rings. The molecular weight excluding hydrogens is 250 g/mol. The van der Waals surface area contributed by atoms with Gasteiger partial charge in [-0.3, -0.25) is 0 Å². The first-order chi connectivity index (χ1) is 9.35. The summed E-state index contributed by atoms with van der Waals surface area (Å²) in [5.74, 6) is 0.417. The van der Waals surface area contributed by atoms with Gasteiger partial charge >= 0.3 is 0 Å². The van der Waals surface area contributed by atoms with E-state index < -0.39 is 0 Å². The Morgan fingerprint density at radius 2 is 1.90 bits per heavy atom. The van der Waals surface area contributed by atoms with Crippen LogP contribution in [0.15, 0.2) is 18.2 Å². The van der Waals surface area contributed by atoms with Gasteiger partial charge in [0.15, 0.2) is 0 Å². The standard InChI is InChI=1S/C17H29NO2/c1-5-6-7-10-17(3,4)12-18-13(2)15-11-14(19)8-9-16(15)20/h8-9,11,13,18-20H,5-7,10,12H2,1-4H3. The predicted octanol–water partition coefficient (Wildman–Crippen LogP) is 4.35. The zero-order chi connectivity index (χ0) is 15.2. The molecule has 0 aliphatic rings. The first-order valence-corrected chi connectivity index (χ1v) is 7.61. The molecule has 3 nitrogen and oxygen atoms in total. The molecule has 20 heavy (non-hydrogen) atoms. The van der Waals surface area contributed by atoms with Crippen molar-refractivity contribution in [3.63, 3.8) is 0 Å². The lowest BCUT2D eigenvalue weighted by molar-refractivity contribution is 0.289. The number of aromatic hydroxyl groups is 2. The van der Waals surface area contributed by atoms with Crippen LogP contribution in [0.4, 0.5) is 0 Å². The lowest BCUT2D eigenvalue weighted by atomic mass is 9.86. The van der Waals surface area contributed by atoms with Crippen LogP contribution in [0, 0.1) is 5.41 Å². The monoisotopic (exact) mass is 279 g/mol. The van der Waals surface area contributed by atoms with Gasteiger partial charge in [0.25, 0.3) is 0 Å². The van der Waals surface area contributed by atoms with E-state index in [0.717, 1.165) is 12.1 Å². The summed E-state index contributed by atoms with van der Waals surface area (Å²) in [6, 6.07) is 4.68. The van der Waals surface area contributed by atoms with Crippen molar-refractivity contribution in [3.8, 4) is 11.5 Å². The second-order valence-corrected chi connectivity index (χ2v) is 6.47. The highest BCUT2D eigenvalue weighted by atomic mass is 16.3. The van der Waals surface area contributed by atoms with Crippen LogP contribution in [0.5, 0.6) is 11.5 Å². The number of nitrogens with one attached hydrogen (secondary N) is 1. The molecule has 0 bridgehead atoms. The topological polar surface area (TPSA) is 52.5 Å². The fourth-order valence-corrected chi connectivity index (χ4v) is 2.37. The van der Waals surface area contributed by atoms with Gasteiger partial charge < -0.3 is 15.5 Å². The van der Waals surface area contributed by atoms with E-state index in [9.17, 15) is 10.2 Å². The van der Waals surface area contributed by atoms with Gasteiger partial charge in [-0.05, 0) is 37.0 Å². The normalized spacial score (nSPS) is 13.4. The van der Waals surface area contributed by atoms with Crippen LogP contribution in [0.2, 0.25) is 0 Å². The Hall–Kier alpha value is -1.22. The Kier molecular flexibility index (Phi) is 6.34. The van der Waals surface area contributed by atoms with Crippen LogP contribution in [0.1, 0.15) is 65.0 Å². The number of hydrogen-bond acceptors (Lipinski definition) is 3. The fourth-order valence-electron chi connectivity index (χ4n) is 2.37. The molecule has 114 valence electrons. The Bertz CT molecular complexity index is 415. The van der Waals surface area contributed by atoms with Crippen LogP contribution in [0.3, 0.4) is 0 Å². The number of hydrogen-bond donors (Lipinski definition) is 3. The smallest absolute Gasteiger partial charge is 0.120 e. The Labute approximate surface area is 123 Å². The molecule has 1 rings (SSSR count). The molecule has 0 aromatic heterocycles. The molecule has 0 spiro atoms. The van der Waals surface area contributed by atoms with E-state index in [-0.39, 0.29) is 23.0 Å². The summed E-state index contributed by atoms with van der Waals surface area (Å²) in [5, 5.41) is 22.8. The predicted molar refractivity (Wildman–Crippen MR) is 84.1 cm³/mol. The van der Waals surface area contributed by atoms with Crippen LogP contribution in [-0.4, -0.2) is 16.8 Å². The molecule has 0 fully saturated rings. The third-order valence-electron chi connectivity index (χ3n) is 3.82. The first kappa shape index (κ1) is 16.8. The minimum Gasteiger partial charge on any atom is -0.508 e. The SMILES string of the molecule is CCCCCC(C)(C)CNC(C)c1cc(O)ccc1O. The highest BCUT2D eigenvalue weighted by molar-refractivity contribution is 5.40. The summed E-state index contributed by atoms with van der Waals surface area (Å²) in [4.78, 5) is 0. The maximum atomic E-state index is 9.86. The Morgan fingerprint density at radius 3 is 2.55 bits per heavy atom. The lowest BCUT2D eigenvalue weighted by Crippen LogP contribution is -2.31. The van der Waals surface area contributed by atoms with Crippen molar-refractivity contribution >= 4 is 0 Å². The summed E-state index contributed by atoms with van der Waals surface area (Å²) in [6.07, 6.45) is 4.99. The van der Waals surface area contributed by atoms with Gasteiger partial charge in [0.1, 0.15) is 11.5 Å². The molecule has 1 unspecified atom stereocenters. The minimum atomic E-state index is 0.0209. The fraction of sp³-hybridized carbons (Fsp3) is 0.647. The van der Waals surface area contributed by atoms with E-state index in [1.807, 2.05) is 6.92 Å². The number of phenols is 2. The molecule has 0 heterocycles. The van der Waals surface area contributed by atoms with Crippen molar-refractivity contribution in [1.29, 1.82) is 0 Å². The number of benzene rings is 1. The molecule has 0 amide bonds. The molecule has 0 aliphatic heterocycles. The molecule has 1 aromatic carbocycles. The highest BCUT2D eigenvalue weighted by Gasteiger charge is 2.19. The molecule has 1 atom stereocenters.